The van der Waals surface area contributed by atoms with Gasteiger partial charge in [0, 0.05) is 12.8 Å². The summed E-state index contributed by atoms with van der Waals surface area (Å²) in [6.07, 6.45) is 0. The second-order valence-corrected chi connectivity index (χ2v) is 2.95. The average Bonchev–Trinajstić information content (AvgIpc) is 2.20. The first-order valence-corrected chi connectivity index (χ1v) is 4.48. The van der Waals surface area contributed by atoms with Crippen molar-refractivity contribution in [2.24, 2.45) is 0 Å². The number of hydrogen-bond donors (Lipinski definition) is 1. The summed E-state index contributed by atoms with van der Waals surface area (Å²) in [4.78, 5) is 14.7. The Morgan fingerprint density at radius 1 is 1.47 bits per heavy atom. The number of carboxylic acids is 1. The fourth-order valence-electron chi connectivity index (χ4n) is 1.05. The lowest BCUT2D eigenvalue weighted by Gasteiger charge is -2.08. The number of aryl methyl sites for hydroxylation is 1. The van der Waals surface area contributed by atoms with Crippen LogP contribution in [-0.2, 0) is 4.74 Å². The zero-order chi connectivity index (χ0) is 11.3. The number of nitrogens with zero attached hydrogens (tertiary/aromatic N) is 1. The van der Waals surface area contributed by atoms with Gasteiger partial charge < -0.3 is 14.6 Å². The highest BCUT2D eigenvalue weighted by atomic mass is 16.5. The van der Waals surface area contributed by atoms with Crippen LogP contribution in [0.2, 0.25) is 0 Å². The van der Waals surface area contributed by atoms with Gasteiger partial charge in [-0.2, -0.15) is 0 Å². The van der Waals surface area contributed by atoms with Gasteiger partial charge in [0.2, 0.25) is 0 Å². The van der Waals surface area contributed by atoms with Gasteiger partial charge in [0.1, 0.15) is 6.61 Å². The molecule has 1 N–H and O–H groups in total. The molecule has 0 amide bonds. The maximum absolute atomic E-state index is 10.8. The van der Waals surface area contributed by atoms with Crippen molar-refractivity contribution in [3.8, 4) is 5.75 Å². The molecule has 15 heavy (non-hydrogen) atoms. The van der Waals surface area contributed by atoms with Crippen LogP contribution in [-0.4, -0.2) is 36.4 Å². The Balaban J connectivity index is 2.81. The van der Waals surface area contributed by atoms with Crippen LogP contribution in [0.1, 0.15) is 16.2 Å². The SMILES string of the molecule is COCCOc1ccc(C)nc1C(=O)O. The van der Waals surface area contributed by atoms with Crippen molar-refractivity contribution in [2.45, 2.75) is 6.92 Å². The monoisotopic (exact) mass is 211 g/mol. The van der Waals surface area contributed by atoms with Crippen molar-refractivity contribution < 1.29 is 19.4 Å². The number of ether oxygens (including phenoxy) is 2. The standard InChI is InChI=1S/C10H13NO4/c1-7-3-4-8(15-6-5-14-2)9(11-7)10(12)13/h3-4H,5-6H2,1-2H3,(H,12,13). The molecule has 82 valence electrons. The van der Waals surface area contributed by atoms with Crippen LogP contribution in [0.15, 0.2) is 12.1 Å². The molecule has 0 bridgehead atoms. The molecule has 0 saturated carbocycles. The Morgan fingerprint density at radius 2 is 2.20 bits per heavy atom. The first kappa shape index (κ1) is 11.5. The van der Waals surface area contributed by atoms with Crippen molar-refractivity contribution in [1.82, 2.24) is 4.98 Å². The number of carboxylic acid groups (broad SMARTS) is 1. The minimum Gasteiger partial charge on any atom is -0.489 e. The van der Waals surface area contributed by atoms with Gasteiger partial charge in [-0.1, -0.05) is 0 Å². The van der Waals surface area contributed by atoms with Gasteiger partial charge >= 0.3 is 5.97 Å². The molecule has 0 spiro atoms. The maximum atomic E-state index is 10.8. The molecule has 0 aliphatic rings. The summed E-state index contributed by atoms with van der Waals surface area (Å²) in [5.74, 6) is -0.823. The van der Waals surface area contributed by atoms with Crippen LogP contribution in [0, 0.1) is 6.92 Å². The molecule has 0 aliphatic heterocycles. The van der Waals surface area contributed by atoms with E-state index in [-0.39, 0.29) is 11.4 Å². The first-order valence-electron chi connectivity index (χ1n) is 4.48. The zero-order valence-electron chi connectivity index (χ0n) is 8.69. The second-order valence-electron chi connectivity index (χ2n) is 2.95. The lowest BCUT2D eigenvalue weighted by Crippen LogP contribution is -2.10. The quantitative estimate of drug-likeness (QED) is 0.739. The average molecular weight is 211 g/mol. The van der Waals surface area contributed by atoms with Crippen molar-refractivity contribution in [3.05, 3.63) is 23.5 Å². The molecule has 0 radical (unpaired) electrons. The predicted octanol–water partition coefficient (Wildman–Crippen LogP) is 1.11. The fourth-order valence-corrected chi connectivity index (χ4v) is 1.05. The summed E-state index contributed by atoms with van der Waals surface area (Å²) in [5.41, 5.74) is 0.581. The summed E-state index contributed by atoms with van der Waals surface area (Å²) in [7, 11) is 1.55. The van der Waals surface area contributed by atoms with E-state index in [4.69, 9.17) is 14.6 Å². The number of rotatable bonds is 5. The minimum absolute atomic E-state index is 0.0638. The van der Waals surface area contributed by atoms with Crippen LogP contribution in [0.5, 0.6) is 5.75 Å². The fraction of sp³-hybridized carbons (Fsp3) is 0.400. The van der Waals surface area contributed by atoms with E-state index >= 15 is 0 Å². The molecule has 1 aromatic heterocycles. The van der Waals surface area contributed by atoms with Crippen LogP contribution in [0.3, 0.4) is 0 Å². The number of aromatic carboxylic acids is 1. The van der Waals surface area contributed by atoms with E-state index in [0.29, 0.717) is 18.9 Å². The van der Waals surface area contributed by atoms with E-state index in [0.717, 1.165) is 0 Å². The van der Waals surface area contributed by atoms with Crippen molar-refractivity contribution in [2.75, 3.05) is 20.3 Å². The zero-order valence-corrected chi connectivity index (χ0v) is 8.69. The van der Waals surface area contributed by atoms with Crippen LogP contribution < -0.4 is 4.74 Å². The molecule has 5 heteroatoms. The minimum atomic E-state index is -1.09. The summed E-state index contributed by atoms with van der Waals surface area (Å²) >= 11 is 0. The molecule has 0 unspecified atom stereocenters. The van der Waals surface area contributed by atoms with E-state index in [1.165, 1.54) is 0 Å². The number of carbonyl (C=O) groups is 1. The van der Waals surface area contributed by atoms with Crippen molar-refractivity contribution in [3.63, 3.8) is 0 Å². The highest BCUT2D eigenvalue weighted by molar-refractivity contribution is 5.88. The lowest BCUT2D eigenvalue weighted by atomic mass is 10.3. The Hall–Kier alpha value is -1.62. The van der Waals surface area contributed by atoms with E-state index in [1.807, 2.05) is 0 Å². The second kappa shape index (κ2) is 5.31. The summed E-state index contributed by atoms with van der Waals surface area (Å²) < 4.78 is 10.0. The molecule has 1 heterocycles. The summed E-state index contributed by atoms with van der Waals surface area (Å²) in [5, 5.41) is 8.87. The van der Waals surface area contributed by atoms with Gasteiger partial charge in [-0.05, 0) is 19.1 Å². The number of methoxy groups -OCH3 is 1. The molecule has 0 fully saturated rings. The largest absolute Gasteiger partial charge is 0.489 e. The molecular weight excluding hydrogens is 198 g/mol. The normalized spacial score (nSPS) is 10.0. The molecular formula is C10H13NO4. The van der Waals surface area contributed by atoms with Gasteiger partial charge in [0.15, 0.2) is 11.4 Å². The van der Waals surface area contributed by atoms with Gasteiger partial charge in [0.05, 0.1) is 6.61 Å². The topological polar surface area (TPSA) is 68.7 Å². The number of aromatic nitrogens is 1. The first-order chi connectivity index (χ1) is 7.15. The van der Waals surface area contributed by atoms with Gasteiger partial charge in [-0.25, -0.2) is 9.78 Å². The van der Waals surface area contributed by atoms with Crippen LogP contribution in [0.25, 0.3) is 0 Å². The highest BCUT2D eigenvalue weighted by Gasteiger charge is 2.13. The third-order valence-corrected chi connectivity index (χ3v) is 1.75. The molecule has 1 aromatic rings. The smallest absolute Gasteiger partial charge is 0.358 e. The molecule has 1 rings (SSSR count). The van der Waals surface area contributed by atoms with Crippen LogP contribution >= 0.6 is 0 Å². The third kappa shape index (κ3) is 3.21. The van der Waals surface area contributed by atoms with Crippen molar-refractivity contribution >= 4 is 5.97 Å². The maximum Gasteiger partial charge on any atom is 0.358 e. The number of hydrogen-bond acceptors (Lipinski definition) is 4. The molecule has 0 aromatic carbocycles. The molecule has 0 saturated heterocycles. The Morgan fingerprint density at radius 3 is 2.80 bits per heavy atom. The lowest BCUT2D eigenvalue weighted by molar-refractivity contribution is 0.0682. The van der Waals surface area contributed by atoms with Gasteiger partial charge in [0.25, 0.3) is 0 Å². The Bertz CT molecular complexity index is 351. The predicted molar refractivity (Wildman–Crippen MR) is 53.3 cm³/mol. The van der Waals surface area contributed by atoms with E-state index in [1.54, 1.807) is 26.2 Å². The van der Waals surface area contributed by atoms with Gasteiger partial charge in [-0.3, -0.25) is 0 Å². The van der Waals surface area contributed by atoms with Gasteiger partial charge in [-0.15, -0.1) is 0 Å². The summed E-state index contributed by atoms with van der Waals surface area (Å²) in [6, 6.07) is 3.30. The van der Waals surface area contributed by atoms with Crippen molar-refractivity contribution in [1.29, 1.82) is 0 Å². The van der Waals surface area contributed by atoms with E-state index < -0.39 is 5.97 Å². The van der Waals surface area contributed by atoms with E-state index in [2.05, 4.69) is 4.98 Å². The molecule has 0 atom stereocenters. The summed E-state index contributed by atoms with van der Waals surface area (Å²) in [6.45, 7) is 2.44. The Labute approximate surface area is 87.7 Å². The highest BCUT2D eigenvalue weighted by Crippen LogP contribution is 2.16. The van der Waals surface area contributed by atoms with Crippen LogP contribution in [0.4, 0.5) is 0 Å². The molecule has 5 nitrogen and oxygen atoms in total. The van der Waals surface area contributed by atoms with E-state index in [9.17, 15) is 4.79 Å². The number of pyridine rings is 1. The Kier molecular flexibility index (Phi) is 4.05. The molecule has 0 aliphatic carbocycles. The third-order valence-electron chi connectivity index (χ3n) is 1.75.